The van der Waals surface area contributed by atoms with E-state index in [1.165, 1.54) is 0 Å². The van der Waals surface area contributed by atoms with E-state index in [0.717, 1.165) is 12.8 Å². The number of aliphatic hydroxyl groups is 1. The van der Waals surface area contributed by atoms with Gasteiger partial charge in [0.2, 0.25) is 0 Å². The molecule has 0 aliphatic heterocycles. The maximum absolute atomic E-state index is 11.9. The van der Waals surface area contributed by atoms with Gasteiger partial charge in [-0.1, -0.05) is 20.8 Å². The Morgan fingerprint density at radius 3 is 2.38 bits per heavy atom. The Hall–Kier alpha value is -0.570. The lowest BCUT2D eigenvalue weighted by molar-refractivity contribution is -0.167. The Labute approximate surface area is 98.2 Å². The van der Waals surface area contributed by atoms with Gasteiger partial charge in [0.05, 0.1) is 18.1 Å². The Morgan fingerprint density at radius 2 is 2.00 bits per heavy atom. The van der Waals surface area contributed by atoms with E-state index in [1.807, 2.05) is 20.8 Å². The molecule has 1 fully saturated rings. The number of hydrogen-bond acceptors (Lipinski definition) is 3. The summed E-state index contributed by atoms with van der Waals surface area (Å²) in [6.45, 7) is 8.21. The quantitative estimate of drug-likeness (QED) is 0.752. The van der Waals surface area contributed by atoms with Crippen LogP contribution in [0.1, 0.15) is 53.4 Å². The van der Waals surface area contributed by atoms with Crippen LogP contribution in [0.3, 0.4) is 0 Å². The number of hydrogen-bond donors (Lipinski definition) is 1. The summed E-state index contributed by atoms with van der Waals surface area (Å²) in [6, 6.07) is 0. The number of esters is 1. The number of carbonyl (C=O) groups excluding carboxylic acids is 1. The molecular weight excluding hydrogens is 204 g/mol. The van der Waals surface area contributed by atoms with Crippen molar-refractivity contribution in [2.24, 2.45) is 11.3 Å². The first-order valence-electron chi connectivity index (χ1n) is 6.28. The van der Waals surface area contributed by atoms with Gasteiger partial charge in [-0.25, -0.2) is 0 Å². The molecule has 0 spiro atoms. The Balaban J connectivity index is 2.90. The Morgan fingerprint density at radius 1 is 1.38 bits per heavy atom. The molecule has 1 saturated carbocycles. The van der Waals surface area contributed by atoms with Gasteiger partial charge >= 0.3 is 5.97 Å². The largest absolute Gasteiger partial charge is 0.466 e. The fourth-order valence-corrected chi connectivity index (χ4v) is 2.94. The van der Waals surface area contributed by atoms with Crippen LogP contribution in [-0.4, -0.2) is 23.3 Å². The zero-order chi connectivity index (χ0) is 12.4. The normalized spacial score (nSPS) is 30.1. The van der Waals surface area contributed by atoms with Gasteiger partial charge in [-0.2, -0.15) is 0 Å². The second kappa shape index (κ2) is 4.74. The highest BCUT2D eigenvalue weighted by Crippen LogP contribution is 2.51. The van der Waals surface area contributed by atoms with Crippen LogP contribution in [0.25, 0.3) is 0 Å². The van der Waals surface area contributed by atoms with Crippen LogP contribution >= 0.6 is 0 Å². The maximum atomic E-state index is 11.9. The highest BCUT2D eigenvalue weighted by atomic mass is 16.5. The van der Waals surface area contributed by atoms with E-state index in [4.69, 9.17) is 4.74 Å². The van der Waals surface area contributed by atoms with Crippen molar-refractivity contribution in [3.8, 4) is 0 Å². The smallest absolute Gasteiger partial charge is 0.311 e. The molecule has 1 aliphatic carbocycles. The first kappa shape index (κ1) is 13.5. The second-order valence-corrected chi connectivity index (χ2v) is 5.37. The minimum atomic E-state index is -0.895. The molecule has 0 saturated heterocycles. The molecule has 3 nitrogen and oxygen atoms in total. The van der Waals surface area contributed by atoms with Crippen LogP contribution in [-0.2, 0) is 9.53 Å². The maximum Gasteiger partial charge on any atom is 0.311 e. The molecule has 1 rings (SSSR count). The van der Waals surface area contributed by atoms with Crippen LogP contribution < -0.4 is 0 Å². The molecule has 0 aromatic rings. The van der Waals surface area contributed by atoms with Gasteiger partial charge in [0, 0.05) is 0 Å². The molecule has 0 aromatic carbocycles. The summed E-state index contributed by atoms with van der Waals surface area (Å²) < 4.78 is 5.07. The van der Waals surface area contributed by atoms with Crippen molar-refractivity contribution >= 4 is 5.97 Å². The zero-order valence-electron chi connectivity index (χ0n) is 10.9. The van der Waals surface area contributed by atoms with Crippen LogP contribution in [0, 0.1) is 11.3 Å². The predicted octanol–water partition coefficient (Wildman–Crippen LogP) is 2.52. The summed E-state index contributed by atoms with van der Waals surface area (Å²) >= 11 is 0. The molecule has 1 aliphatic rings. The standard InChI is InChI=1S/C13H24O3/c1-5-10(11(14)16-6-2)13(15)9-7-8-12(13,3)4/h10,15H,5-9H2,1-4H3. The van der Waals surface area contributed by atoms with E-state index in [-0.39, 0.29) is 17.3 Å². The molecule has 1 N–H and O–H groups in total. The molecule has 94 valence electrons. The summed E-state index contributed by atoms with van der Waals surface area (Å²) in [5, 5.41) is 10.8. The summed E-state index contributed by atoms with van der Waals surface area (Å²) in [5.74, 6) is -0.632. The number of carbonyl (C=O) groups is 1. The van der Waals surface area contributed by atoms with Gasteiger partial charge in [0.15, 0.2) is 0 Å². The third-order valence-corrected chi connectivity index (χ3v) is 4.09. The molecule has 0 heterocycles. The third kappa shape index (κ3) is 2.10. The van der Waals surface area contributed by atoms with Crippen molar-refractivity contribution in [2.45, 2.75) is 59.0 Å². The average Bonchev–Trinajstić information content (AvgIpc) is 2.43. The SMILES string of the molecule is CCOC(=O)C(CC)C1(O)CCCC1(C)C. The fraction of sp³-hybridized carbons (Fsp3) is 0.923. The van der Waals surface area contributed by atoms with Crippen molar-refractivity contribution in [1.82, 2.24) is 0 Å². The van der Waals surface area contributed by atoms with E-state index in [9.17, 15) is 9.90 Å². The molecule has 16 heavy (non-hydrogen) atoms. The number of ether oxygens (including phenoxy) is 1. The topological polar surface area (TPSA) is 46.5 Å². The van der Waals surface area contributed by atoms with Crippen LogP contribution in [0.2, 0.25) is 0 Å². The van der Waals surface area contributed by atoms with Crippen molar-refractivity contribution in [2.75, 3.05) is 6.61 Å². The first-order valence-corrected chi connectivity index (χ1v) is 6.28. The minimum Gasteiger partial charge on any atom is -0.466 e. The monoisotopic (exact) mass is 228 g/mol. The summed E-state index contributed by atoms with van der Waals surface area (Å²) in [4.78, 5) is 11.9. The highest BCUT2D eigenvalue weighted by molar-refractivity contribution is 5.74. The lowest BCUT2D eigenvalue weighted by atomic mass is 9.69. The van der Waals surface area contributed by atoms with Gasteiger partial charge in [-0.05, 0) is 38.0 Å². The molecule has 2 unspecified atom stereocenters. The van der Waals surface area contributed by atoms with Crippen LogP contribution in [0.4, 0.5) is 0 Å². The average molecular weight is 228 g/mol. The van der Waals surface area contributed by atoms with Crippen molar-refractivity contribution in [1.29, 1.82) is 0 Å². The van der Waals surface area contributed by atoms with Crippen molar-refractivity contribution in [3.63, 3.8) is 0 Å². The first-order chi connectivity index (χ1) is 7.39. The van der Waals surface area contributed by atoms with Crippen LogP contribution in [0.5, 0.6) is 0 Å². The van der Waals surface area contributed by atoms with Gasteiger partial charge in [-0.3, -0.25) is 4.79 Å². The molecule has 0 amide bonds. The fourth-order valence-electron chi connectivity index (χ4n) is 2.94. The van der Waals surface area contributed by atoms with Gasteiger partial charge < -0.3 is 9.84 Å². The lowest BCUT2D eigenvalue weighted by Crippen LogP contribution is -2.50. The molecule has 0 aromatic heterocycles. The summed E-state index contributed by atoms with van der Waals surface area (Å²) in [7, 11) is 0. The highest BCUT2D eigenvalue weighted by Gasteiger charge is 2.54. The summed E-state index contributed by atoms with van der Waals surface area (Å²) in [5.41, 5.74) is -1.09. The van der Waals surface area contributed by atoms with Gasteiger partial charge in [0.25, 0.3) is 0 Å². The predicted molar refractivity (Wildman–Crippen MR) is 63.0 cm³/mol. The second-order valence-electron chi connectivity index (χ2n) is 5.37. The van der Waals surface area contributed by atoms with E-state index in [1.54, 1.807) is 6.92 Å². The molecule has 2 atom stereocenters. The summed E-state index contributed by atoms with van der Waals surface area (Å²) in [6.07, 6.45) is 3.30. The minimum absolute atomic E-state index is 0.194. The molecule has 0 radical (unpaired) electrons. The van der Waals surface area contributed by atoms with E-state index >= 15 is 0 Å². The van der Waals surface area contributed by atoms with E-state index in [2.05, 4.69) is 0 Å². The molecule has 0 bridgehead atoms. The van der Waals surface area contributed by atoms with Gasteiger partial charge in [-0.15, -0.1) is 0 Å². The Kier molecular flexibility index (Phi) is 4.00. The van der Waals surface area contributed by atoms with E-state index < -0.39 is 5.60 Å². The number of rotatable bonds is 4. The Bertz CT molecular complexity index is 260. The van der Waals surface area contributed by atoms with Crippen LogP contribution in [0.15, 0.2) is 0 Å². The van der Waals surface area contributed by atoms with E-state index in [0.29, 0.717) is 19.4 Å². The lowest BCUT2D eigenvalue weighted by Gasteiger charge is -2.41. The molecular formula is C13H24O3. The zero-order valence-corrected chi connectivity index (χ0v) is 10.9. The van der Waals surface area contributed by atoms with Gasteiger partial charge in [0.1, 0.15) is 0 Å². The van der Waals surface area contributed by atoms with Crippen molar-refractivity contribution in [3.05, 3.63) is 0 Å². The van der Waals surface area contributed by atoms with Crippen molar-refractivity contribution < 1.29 is 14.6 Å². The third-order valence-electron chi connectivity index (χ3n) is 4.09. The molecule has 3 heteroatoms.